The van der Waals surface area contributed by atoms with Crippen molar-refractivity contribution in [3.8, 4) is 0 Å². The zero-order chi connectivity index (χ0) is 17.2. The zero-order valence-corrected chi connectivity index (χ0v) is 13.5. The van der Waals surface area contributed by atoms with E-state index in [0.29, 0.717) is 19.3 Å². The molecular formula is C16H23FN2O5. The highest BCUT2D eigenvalue weighted by atomic mass is 19.2. The Kier molecular flexibility index (Phi) is 4.78. The number of primary amides is 1. The summed E-state index contributed by atoms with van der Waals surface area (Å²) in [6.07, 6.45) is 6.78. The minimum Gasteiger partial charge on any atom is -0.457 e. The summed E-state index contributed by atoms with van der Waals surface area (Å²) < 4.78 is 30.7. The Morgan fingerprint density at radius 3 is 2.62 bits per heavy atom. The summed E-state index contributed by atoms with van der Waals surface area (Å²) in [5.41, 5.74) is 4.10. The minimum atomic E-state index is -2.03. The maximum absolute atomic E-state index is 14.6. The van der Waals surface area contributed by atoms with Gasteiger partial charge in [-0.05, 0) is 38.5 Å². The summed E-state index contributed by atoms with van der Waals surface area (Å²) in [5.74, 6) is -3.14. The van der Waals surface area contributed by atoms with Gasteiger partial charge in [-0.2, -0.15) is 0 Å². The van der Waals surface area contributed by atoms with Crippen LogP contribution >= 0.6 is 0 Å². The van der Waals surface area contributed by atoms with Gasteiger partial charge in [-0.3, -0.25) is 4.79 Å². The number of halogens is 1. The van der Waals surface area contributed by atoms with Crippen LogP contribution in [0.2, 0.25) is 0 Å². The fraction of sp³-hybridized carbons (Fsp3) is 0.750. The highest BCUT2D eigenvalue weighted by Gasteiger charge is 2.55. The van der Waals surface area contributed by atoms with E-state index in [4.69, 9.17) is 19.9 Å². The van der Waals surface area contributed by atoms with E-state index in [1.165, 1.54) is 6.20 Å². The van der Waals surface area contributed by atoms with Crippen molar-refractivity contribution < 1.29 is 28.2 Å². The number of carbonyl (C=O) groups excluding carboxylic acids is 2. The Morgan fingerprint density at radius 2 is 2.04 bits per heavy atom. The number of nitrogens with two attached hydrogens (primary N) is 1. The van der Waals surface area contributed by atoms with Crippen LogP contribution in [0.25, 0.3) is 0 Å². The Hall–Kier alpha value is -1.67. The Bertz CT molecular complexity index is 533. The fourth-order valence-electron chi connectivity index (χ4n) is 2.78. The van der Waals surface area contributed by atoms with E-state index in [-0.39, 0.29) is 12.5 Å². The van der Waals surface area contributed by atoms with Crippen LogP contribution in [-0.4, -0.2) is 42.3 Å². The maximum Gasteiger partial charge on any atom is 0.338 e. The lowest BCUT2D eigenvalue weighted by molar-refractivity contribution is -0.198. The van der Waals surface area contributed by atoms with E-state index < -0.39 is 36.2 Å². The van der Waals surface area contributed by atoms with Gasteiger partial charge in [0.25, 0.3) is 0 Å². The number of carbonyl (C=O) groups is 2. The van der Waals surface area contributed by atoms with Crippen molar-refractivity contribution in [1.82, 2.24) is 5.32 Å². The standard InChI is InChI=1S/C16H23FN2O5/c17-16(6-4-13(24-16)19-9-5-12(18)20)10-22-14(21)15(7-8-15)23-11-2-1-3-11/h5,9,11,13,19H,1-4,6-8,10H2,(H2,18,20)/b9-5-/t13-,16+/m1/s1. The third-order valence-corrected chi connectivity index (χ3v) is 4.60. The van der Waals surface area contributed by atoms with Crippen molar-refractivity contribution in [2.75, 3.05) is 6.61 Å². The smallest absolute Gasteiger partial charge is 0.338 e. The molecule has 7 nitrogen and oxygen atoms in total. The summed E-state index contributed by atoms with van der Waals surface area (Å²) >= 11 is 0. The average Bonchev–Trinajstić information content (AvgIpc) is 3.19. The van der Waals surface area contributed by atoms with E-state index in [1.54, 1.807) is 0 Å². The molecule has 0 aromatic heterocycles. The second-order valence-corrected chi connectivity index (χ2v) is 6.67. The number of esters is 1. The molecule has 3 fully saturated rings. The lowest BCUT2D eigenvalue weighted by Gasteiger charge is -2.30. The number of nitrogens with one attached hydrogen (secondary N) is 1. The van der Waals surface area contributed by atoms with Gasteiger partial charge in [-0.1, -0.05) is 0 Å². The predicted octanol–water partition coefficient (Wildman–Crippen LogP) is 1.02. The van der Waals surface area contributed by atoms with Crippen molar-refractivity contribution in [2.45, 2.75) is 68.7 Å². The first-order valence-electron chi connectivity index (χ1n) is 8.35. The first kappa shape index (κ1) is 17.2. The Labute approximate surface area is 139 Å². The first-order chi connectivity index (χ1) is 11.4. The molecule has 0 spiro atoms. The molecular weight excluding hydrogens is 319 g/mol. The summed E-state index contributed by atoms with van der Waals surface area (Å²) in [5, 5.41) is 2.73. The van der Waals surface area contributed by atoms with E-state index >= 15 is 0 Å². The van der Waals surface area contributed by atoms with Gasteiger partial charge in [0.05, 0.1) is 6.10 Å². The van der Waals surface area contributed by atoms with Crippen LogP contribution in [0.15, 0.2) is 12.3 Å². The number of hydrogen-bond acceptors (Lipinski definition) is 6. The summed E-state index contributed by atoms with van der Waals surface area (Å²) in [7, 11) is 0. The molecule has 2 atom stereocenters. The molecule has 0 unspecified atom stereocenters. The third kappa shape index (κ3) is 4.05. The Balaban J connectivity index is 1.42. The predicted molar refractivity (Wildman–Crippen MR) is 81.1 cm³/mol. The van der Waals surface area contributed by atoms with E-state index in [0.717, 1.165) is 25.3 Å². The van der Waals surface area contributed by atoms with Gasteiger partial charge >= 0.3 is 5.97 Å². The molecule has 0 aromatic carbocycles. The normalized spacial score (nSPS) is 31.6. The van der Waals surface area contributed by atoms with Crippen LogP contribution in [0.5, 0.6) is 0 Å². The van der Waals surface area contributed by atoms with Gasteiger partial charge in [0.1, 0.15) is 6.23 Å². The molecule has 2 aliphatic carbocycles. The second kappa shape index (κ2) is 6.68. The van der Waals surface area contributed by atoms with Crippen LogP contribution in [0.4, 0.5) is 4.39 Å². The molecule has 8 heteroatoms. The summed E-state index contributed by atoms with van der Waals surface area (Å²) in [4.78, 5) is 22.8. The van der Waals surface area contributed by atoms with Crippen molar-refractivity contribution in [2.24, 2.45) is 5.73 Å². The van der Waals surface area contributed by atoms with Gasteiger partial charge in [0, 0.05) is 18.7 Å². The van der Waals surface area contributed by atoms with Gasteiger partial charge in [0.15, 0.2) is 12.2 Å². The second-order valence-electron chi connectivity index (χ2n) is 6.67. The van der Waals surface area contributed by atoms with Crippen molar-refractivity contribution in [1.29, 1.82) is 0 Å². The number of alkyl halides is 1. The SMILES string of the molecule is NC(=O)/C=C\N[C@H]1CC[C@@](F)(COC(=O)C2(OC3CCC3)CC2)O1. The number of rotatable bonds is 8. The molecule has 3 aliphatic rings. The molecule has 134 valence electrons. The summed E-state index contributed by atoms with van der Waals surface area (Å²) in [6.45, 7) is -0.459. The van der Waals surface area contributed by atoms with E-state index in [1.807, 2.05) is 0 Å². The number of amides is 1. The lowest BCUT2D eigenvalue weighted by atomic mass is 9.96. The minimum absolute atomic E-state index is 0.0961. The number of ether oxygens (including phenoxy) is 3. The van der Waals surface area contributed by atoms with Crippen LogP contribution in [0, 0.1) is 0 Å². The monoisotopic (exact) mass is 342 g/mol. The molecule has 3 N–H and O–H groups in total. The van der Waals surface area contributed by atoms with Gasteiger partial charge in [0.2, 0.25) is 11.8 Å². The average molecular weight is 342 g/mol. The number of hydrogen-bond donors (Lipinski definition) is 2. The van der Waals surface area contributed by atoms with E-state index in [9.17, 15) is 14.0 Å². The third-order valence-electron chi connectivity index (χ3n) is 4.60. The molecule has 1 heterocycles. The highest BCUT2D eigenvalue weighted by molar-refractivity contribution is 5.85. The molecule has 0 bridgehead atoms. The molecule has 2 saturated carbocycles. The molecule has 0 aromatic rings. The lowest BCUT2D eigenvalue weighted by Crippen LogP contribution is -2.39. The maximum atomic E-state index is 14.6. The quantitative estimate of drug-likeness (QED) is 0.505. The first-order valence-corrected chi connectivity index (χ1v) is 8.35. The van der Waals surface area contributed by atoms with Gasteiger partial charge in [-0.25, -0.2) is 9.18 Å². The largest absolute Gasteiger partial charge is 0.457 e. The van der Waals surface area contributed by atoms with Gasteiger partial charge < -0.3 is 25.3 Å². The fourth-order valence-corrected chi connectivity index (χ4v) is 2.78. The van der Waals surface area contributed by atoms with Crippen molar-refractivity contribution >= 4 is 11.9 Å². The molecule has 24 heavy (non-hydrogen) atoms. The highest BCUT2D eigenvalue weighted by Crippen LogP contribution is 2.45. The molecule has 1 aliphatic heterocycles. The molecule has 1 saturated heterocycles. The molecule has 3 rings (SSSR count). The van der Waals surface area contributed by atoms with Crippen molar-refractivity contribution in [3.63, 3.8) is 0 Å². The topological polar surface area (TPSA) is 99.9 Å². The van der Waals surface area contributed by atoms with Crippen molar-refractivity contribution in [3.05, 3.63) is 12.3 Å². The van der Waals surface area contributed by atoms with Gasteiger partial charge in [-0.15, -0.1) is 0 Å². The van der Waals surface area contributed by atoms with Crippen LogP contribution in [-0.2, 0) is 23.8 Å². The molecule has 1 amide bonds. The Morgan fingerprint density at radius 1 is 1.29 bits per heavy atom. The van der Waals surface area contributed by atoms with E-state index in [2.05, 4.69) is 5.32 Å². The zero-order valence-electron chi connectivity index (χ0n) is 13.5. The van der Waals surface area contributed by atoms with Crippen LogP contribution in [0.1, 0.15) is 44.9 Å². The van der Waals surface area contributed by atoms with Crippen LogP contribution in [0.3, 0.4) is 0 Å². The van der Waals surface area contributed by atoms with Crippen LogP contribution < -0.4 is 11.1 Å². The summed E-state index contributed by atoms with van der Waals surface area (Å²) in [6, 6.07) is 0. The molecule has 0 radical (unpaired) electrons.